The molecule has 0 spiro atoms. The van der Waals surface area contributed by atoms with Crippen molar-refractivity contribution in [2.75, 3.05) is 14.1 Å². The van der Waals surface area contributed by atoms with Crippen molar-refractivity contribution in [1.82, 2.24) is 9.80 Å². The summed E-state index contributed by atoms with van der Waals surface area (Å²) in [6, 6.07) is 17.1. The fraction of sp³-hybridized carbons (Fsp3) is 0.240. The second-order valence-electron chi connectivity index (χ2n) is 7.43. The van der Waals surface area contributed by atoms with Gasteiger partial charge in [-0.3, -0.25) is 9.59 Å². The SMILES string of the molecule is C=Cc1cccc(C#N)c1C=C1C(=O)N(C)C(CC)(Cc2ccccc2)C(=O)N1C. The Balaban J connectivity index is 2.09. The average molecular weight is 399 g/mol. The molecule has 5 heteroatoms. The molecular formula is C25H25N3O2. The number of nitrogens with zero attached hydrogens (tertiary/aromatic N) is 3. The Kier molecular flexibility index (Phi) is 5.89. The number of hydrogen-bond acceptors (Lipinski definition) is 3. The van der Waals surface area contributed by atoms with Gasteiger partial charge in [-0.2, -0.15) is 5.26 Å². The number of likely N-dealkylation sites (N-methyl/N-ethyl adjacent to an activating group) is 2. The molecule has 1 aliphatic heterocycles. The highest BCUT2D eigenvalue weighted by Gasteiger charge is 2.50. The van der Waals surface area contributed by atoms with E-state index in [0.717, 1.165) is 11.1 Å². The van der Waals surface area contributed by atoms with Crippen molar-refractivity contribution < 1.29 is 9.59 Å². The van der Waals surface area contributed by atoms with Gasteiger partial charge in [0.2, 0.25) is 0 Å². The summed E-state index contributed by atoms with van der Waals surface area (Å²) in [5.41, 5.74) is 2.02. The van der Waals surface area contributed by atoms with Crippen molar-refractivity contribution in [1.29, 1.82) is 5.26 Å². The number of benzene rings is 2. The Bertz CT molecular complexity index is 1070. The molecule has 2 aromatic rings. The van der Waals surface area contributed by atoms with E-state index < -0.39 is 5.54 Å². The highest BCUT2D eigenvalue weighted by Crippen LogP contribution is 2.34. The smallest absolute Gasteiger partial charge is 0.271 e. The topological polar surface area (TPSA) is 64.4 Å². The maximum atomic E-state index is 13.6. The van der Waals surface area contributed by atoms with Gasteiger partial charge in [0, 0.05) is 26.1 Å². The molecule has 0 radical (unpaired) electrons. The maximum absolute atomic E-state index is 13.6. The summed E-state index contributed by atoms with van der Waals surface area (Å²) in [4.78, 5) is 29.9. The number of piperazine rings is 1. The molecule has 1 saturated heterocycles. The van der Waals surface area contributed by atoms with Crippen LogP contribution in [0.4, 0.5) is 0 Å². The normalized spacial score (nSPS) is 20.4. The van der Waals surface area contributed by atoms with E-state index >= 15 is 0 Å². The molecule has 0 aliphatic carbocycles. The van der Waals surface area contributed by atoms with Crippen LogP contribution in [0.15, 0.2) is 60.8 Å². The Morgan fingerprint density at radius 1 is 1.10 bits per heavy atom. The van der Waals surface area contributed by atoms with Crippen LogP contribution in [0.5, 0.6) is 0 Å². The van der Waals surface area contributed by atoms with E-state index in [0.29, 0.717) is 24.0 Å². The first kappa shape index (κ1) is 21.1. The van der Waals surface area contributed by atoms with Crippen LogP contribution in [0.2, 0.25) is 0 Å². The molecule has 1 atom stereocenters. The molecule has 1 unspecified atom stereocenters. The third kappa shape index (κ3) is 3.42. The lowest BCUT2D eigenvalue weighted by molar-refractivity contribution is -0.157. The summed E-state index contributed by atoms with van der Waals surface area (Å²) < 4.78 is 0. The molecule has 1 heterocycles. The lowest BCUT2D eigenvalue weighted by Crippen LogP contribution is -2.65. The average Bonchev–Trinajstić information content (AvgIpc) is 2.78. The fourth-order valence-corrected chi connectivity index (χ4v) is 4.03. The van der Waals surface area contributed by atoms with E-state index in [1.807, 2.05) is 43.3 Å². The Hall–Kier alpha value is -3.65. The first-order chi connectivity index (χ1) is 14.4. The molecule has 3 rings (SSSR count). The lowest BCUT2D eigenvalue weighted by atomic mass is 9.82. The highest BCUT2D eigenvalue weighted by atomic mass is 16.2. The predicted octanol–water partition coefficient (Wildman–Crippen LogP) is 3.86. The van der Waals surface area contributed by atoms with Gasteiger partial charge in [0.1, 0.15) is 11.2 Å². The van der Waals surface area contributed by atoms with Crippen molar-refractivity contribution in [2.24, 2.45) is 0 Å². The van der Waals surface area contributed by atoms with Gasteiger partial charge in [-0.25, -0.2) is 0 Å². The molecule has 0 bridgehead atoms. The van der Waals surface area contributed by atoms with E-state index in [9.17, 15) is 14.9 Å². The summed E-state index contributed by atoms with van der Waals surface area (Å²) in [6.45, 7) is 5.72. The van der Waals surface area contributed by atoms with Gasteiger partial charge in [0.15, 0.2) is 0 Å². The molecule has 0 N–H and O–H groups in total. The third-order valence-electron chi connectivity index (χ3n) is 5.92. The summed E-state index contributed by atoms with van der Waals surface area (Å²) in [5, 5.41) is 9.50. The Labute approximate surface area is 177 Å². The summed E-state index contributed by atoms with van der Waals surface area (Å²) in [6.07, 6.45) is 4.19. The van der Waals surface area contributed by atoms with Crippen LogP contribution >= 0.6 is 0 Å². The van der Waals surface area contributed by atoms with E-state index in [-0.39, 0.29) is 17.5 Å². The fourth-order valence-electron chi connectivity index (χ4n) is 4.03. The number of nitriles is 1. The van der Waals surface area contributed by atoms with Crippen molar-refractivity contribution in [3.63, 3.8) is 0 Å². The van der Waals surface area contributed by atoms with Gasteiger partial charge < -0.3 is 9.80 Å². The van der Waals surface area contributed by atoms with E-state index in [2.05, 4.69) is 12.6 Å². The standard InChI is InChI=1S/C25H25N3O2/c1-5-19-13-10-14-20(17-26)21(19)15-22-23(29)28(4)25(6-2,24(30)27(22)3)16-18-11-8-7-9-12-18/h5,7-15H,1,6,16H2,2-4H3. The molecule has 5 nitrogen and oxygen atoms in total. The monoisotopic (exact) mass is 399 g/mol. The summed E-state index contributed by atoms with van der Waals surface area (Å²) in [5.74, 6) is -0.394. The third-order valence-corrected chi connectivity index (χ3v) is 5.92. The minimum atomic E-state index is -0.958. The molecule has 2 amide bonds. The van der Waals surface area contributed by atoms with Gasteiger partial charge in [-0.05, 0) is 29.7 Å². The number of amides is 2. The van der Waals surface area contributed by atoms with Crippen molar-refractivity contribution in [3.8, 4) is 6.07 Å². The zero-order chi connectivity index (χ0) is 21.9. The van der Waals surface area contributed by atoms with Gasteiger partial charge in [-0.15, -0.1) is 0 Å². The van der Waals surface area contributed by atoms with Crippen LogP contribution < -0.4 is 0 Å². The van der Waals surface area contributed by atoms with Gasteiger partial charge in [0.05, 0.1) is 11.6 Å². The molecule has 1 aliphatic rings. The van der Waals surface area contributed by atoms with Crippen LogP contribution in [0.25, 0.3) is 12.2 Å². The Morgan fingerprint density at radius 2 is 1.80 bits per heavy atom. The molecular weight excluding hydrogens is 374 g/mol. The van der Waals surface area contributed by atoms with Crippen LogP contribution in [0.3, 0.4) is 0 Å². The summed E-state index contributed by atoms with van der Waals surface area (Å²) >= 11 is 0. The molecule has 1 fully saturated rings. The Morgan fingerprint density at radius 3 is 2.40 bits per heavy atom. The van der Waals surface area contributed by atoms with Crippen LogP contribution in [-0.4, -0.2) is 41.2 Å². The predicted molar refractivity (Wildman–Crippen MR) is 118 cm³/mol. The second kappa shape index (κ2) is 8.38. The first-order valence-corrected chi connectivity index (χ1v) is 9.87. The molecule has 30 heavy (non-hydrogen) atoms. The van der Waals surface area contributed by atoms with E-state index in [1.165, 1.54) is 4.90 Å². The zero-order valence-corrected chi connectivity index (χ0v) is 17.6. The lowest BCUT2D eigenvalue weighted by Gasteiger charge is -2.47. The maximum Gasteiger partial charge on any atom is 0.271 e. The quantitative estimate of drug-likeness (QED) is 0.717. The number of carbonyl (C=O) groups excluding carboxylic acids is 2. The molecule has 0 saturated carbocycles. The zero-order valence-electron chi connectivity index (χ0n) is 17.6. The molecule has 0 aromatic heterocycles. The van der Waals surface area contributed by atoms with Crippen molar-refractivity contribution in [2.45, 2.75) is 25.3 Å². The van der Waals surface area contributed by atoms with Crippen LogP contribution in [0.1, 0.15) is 35.6 Å². The van der Waals surface area contributed by atoms with Gasteiger partial charge in [0.25, 0.3) is 11.8 Å². The number of hydrogen-bond donors (Lipinski definition) is 0. The number of rotatable bonds is 5. The van der Waals surface area contributed by atoms with E-state index in [1.54, 1.807) is 43.3 Å². The first-order valence-electron chi connectivity index (χ1n) is 9.87. The van der Waals surface area contributed by atoms with Crippen molar-refractivity contribution in [3.05, 3.63) is 83.1 Å². The van der Waals surface area contributed by atoms with Crippen LogP contribution in [0, 0.1) is 11.3 Å². The minimum Gasteiger partial charge on any atom is -0.325 e. The van der Waals surface area contributed by atoms with Gasteiger partial charge >= 0.3 is 0 Å². The summed E-state index contributed by atoms with van der Waals surface area (Å²) in [7, 11) is 3.30. The largest absolute Gasteiger partial charge is 0.325 e. The van der Waals surface area contributed by atoms with Crippen molar-refractivity contribution >= 4 is 24.0 Å². The highest BCUT2D eigenvalue weighted by molar-refractivity contribution is 6.09. The van der Waals surface area contributed by atoms with E-state index in [4.69, 9.17) is 0 Å². The number of carbonyl (C=O) groups is 2. The molecule has 2 aromatic carbocycles. The van der Waals surface area contributed by atoms with Crippen LogP contribution in [-0.2, 0) is 16.0 Å². The minimum absolute atomic E-state index is 0.142. The second-order valence-corrected chi connectivity index (χ2v) is 7.43. The van der Waals surface area contributed by atoms with Gasteiger partial charge in [-0.1, -0.05) is 62.0 Å². The molecule has 152 valence electrons.